The van der Waals surface area contributed by atoms with Crippen molar-refractivity contribution >= 4 is 11.6 Å². The molecule has 5 heteroatoms. The van der Waals surface area contributed by atoms with Gasteiger partial charge < -0.3 is 5.32 Å². The van der Waals surface area contributed by atoms with Crippen LogP contribution in [0.2, 0.25) is 0 Å². The molecule has 0 heterocycles. The molecule has 128 valence electrons. The van der Waals surface area contributed by atoms with Gasteiger partial charge in [0.15, 0.2) is 0 Å². The van der Waals surface area contributed by atoms with Gasteiger partial charge in [0.2, 0.25) is 5.91 Å². The van der Waals surface area contributed by atoms with E-state index in [1.165, 1.54) is 12.1 Å². The molecule has 0 unspecified atom stereocenters. The summed E-state index contributed by atoms with van der Waals surface area (Å²) in [5, 5.41) is 2.80. The second-order valence-corrected chi connectivity index (χ2v) is 6.72. The monoisotopic (exact) mass is 335 g/mol. The molecule has 0 saturated heterocycles. The topological polar surface area (TPSA) is 29.1 Å². The normalized spacial score (nSPS) is 12.1. The molecule has 0 aliphatic rings. The van der Waals surface area contributed by atoms with E-state index in [4.69, 9.17) is 0 Å². The minimum atomic E-state index is -4.41. The molecule has 2 aromatic carbocycles. The Kier molecular flexibility index (Phi) is 5.02. The lowest BCUT2D eigenvalue weighted by atomic mass is 9.86. The third-order valence-electron chi connectivity index (χ3n) is 3.63. The molecule has 0 aliphatic carbocycles. The van der Waals surface area contributed by atoms with Crippen molar-refractivity contribution in [2.45, 2.75) is 38.8 Å². The number of hydrogen-bond donors (Lipinski definition) is 1. The van der Waals surface area contributed by atoms with Crippen LogP contribution in [0.25, 0.3) is 0 Å². The van der Waals surface area contributed by atoms with Gasteiger partial charge in [-0.1, -0.05) is 57.2 Å². The van der Waals surface area contributed by atoms with Gasteiger partial charge in [0, 0.05) is 5.69 Å². The molecule has 0 radical (unpaired) electrons. The summed E-state index contributed by atoms with van der Waals surface area (Å²) in [5.74, 6) is -0.342. The summed E-state index contributed by atoms with van der Waals surface area (Å²) in [5.41, 5.74) is 1.09. The largest absolute Gasteiger partial charge is 0.416 e. The van der Waals surface area contributed by atoms with E-state index in [1.807, 2.05) is 39.0 Å². The van der Waals surface area contributed by atoms with Crippen LogP contribution in [0.4, 0.5) is 18.9 Å². The highest BCUT2D eigenvalue weighted by Gasteiger charge is 2.30. The highest BCUT2D eigenvalue weighted by Crippen LogP contribution is 2.31. The molecule has 0 atom stereocenters. The number of carbonyl (C=O) groups is 1. The molecular weight excluding hydrogens is 315 g/mol. The average molecular weight is 335 g/mol. The number of alkyl halides is 3. The standard InChI is InChI=1S/C19H20F3NO/c1-18(2,3)15-9-4-5-10-16(15)23-17(24)12-13-7-6-8-14(11-13)19(20,21)22/h4-11H,12H2,1-3H3,(H,23,24). The number of para-hydroxylation sites is 1. The average Bonchev–Trinajstić information content (AvgIpc) is 2.46. The number of benzene rings is 2. The van der Waals surface area contributed by atoms with Gasteiger partial charge >= 0.3 is 6.18 Å². The maximum atomic E-state index is 12.7. The Morgan fingerprint density at radius 1 is 1.00 bits per heavy atom. The number of anilines is 1. The van der Waals surface area contributed by atoms with Crippen molar-refractivity contribution in [2.75, 3.05) is 5.32 Å². The first-order chi connectivity index (χ1) is 11.1. The summed E-state index contributed by atoms with van der Waals surface area (Å²) < 4.78 is 38.2. The number of halogens is 3. The van der Waals surface area contributed by atoms with Gasteiger partial charge in [0.25, 0.3) is 0 Å². The molecule has 2 aromatic rings. The first-order valence-corrected chi connectivity index (χ1v) is 7.63. The van der Waals surface area contributed by atoms with Crippen LogP contribution in [0.3, 0.4) is 0 Å². The SMILES string of the molecule is CC(C)(C)c1ccccc1NC(=O)Cc1cccc(C(F)(F)F)c1. The fourth-order valence-corrected chi connectivity index (χ4v) is 2.48. The first kappa shape index (κ1) is 18.0. The zero-order valence-corrected chi connectivity index (χ0v) is 13.9. The van der Waals surface area contributed by atoms with Crippen molar-refractivity contribution in [1.29, 1.82) is 0 Å². The van der Waals surface area contributed by atoms with Gasteiger partial charge in [-0.05, 0) is 28.7 Å². The fourth-order valence-electron chi connectivity index (χ4n) is 2.48. The highest BCUT2D eigenvalue weighted by atomic mass is 19.4. The van der Waals surface area contributed by atoms with Gasteiger partial charge in [-0.3, -0.25) is 4.79 Å². The van der Waals surface area contributed by atoms with Crippen LogP contribution in [-0.2, 0) is 22.8 Å². The van der Waals surface area contributed by atoms with E-state index in [0.717, 1.165) is 17.7 Å². The molecule has 0 saturated carbocycles. The summed E-state index contributed by atoms with van der Waals surface area (Å²) in [6, 6.07) is 12.3. The van der Waals surface area contributed by atoms with Crippen molar-refractivity contribution in [2.24, 2.45) is 0 Å². The zero-order valence-electron chi connectivity index (χ0n) is 13.9. The lowest BCUT2D eigenvalue weighted by Crippen LogP contribution is -2.20. The Balaban J connectivity index is 2.16. The Bertz CT molecular complexity index is 730. The number of amides is 1. The Morgan fingerprint density at radius 2 is 1.67 bits per heavy atom. The van der Waals surface area contributed by atoms with Crippen LogP contribution in [0.1, 0.15) is 37.5 Å². The second kappa shape index (κ2) is 6.67. The summed E-state index contributed by atoms with van der Waals surface area (Å²) in [6.07, 6.45) is -4.52. The molecule has 2 rings (SSSR count). The number of carbonyl (C=O) groups excluding carboxylic acids is 1. The van der Waals surface area contributed by atoms with Crippen molar-refractivity contribution in [3.05, 3.63) is 65.2 Å². The Morgan fingerprint density at radius 3 is 2.29 bits per heavy atom. The lowest BCUT2D eigenvalue weighted by molar-refractivity contribution is -0.137. The second-order valence-electron chi connectivity index (χ2n) is 6.72. The predicted octanol–water partition coefficient (Wildman–Crippen LogP) is 5.18. The molecule has 1 N–H and O–H groups in total. The number of hydrogen-bond acceptors (Lipinski definition) is 1. The third-order valence-corrected chi connectivity index (χ3v) is 3.63. The summed E-state index contributed by atoms with van der Waals surface area (Å²) in [4.78, 5) is 12.2. The van der Waals surface area contributed by atoms with E-state index in [2.05, 4.69) is 5.32 Å². The summed E-state index contributed by atoms with van der Waals surface area (Å²) in [6.45, 7) is 6.10. The zero-order chi connectivity index (χ0) is 18.0. The minimum absolute atomic E-state index is 0.109. The molecule has 0 aliphatic heterocycles. The summed E-state index contributed by atoms with van der Waals surface area (Å²) >= 11 is 0. The molecule has 0 aromatic heterocycles. The molecule has 0 bridgehead atoms. The van der Waals surface area contributed by atoms with Crippen LogP contribution in [0, 0.1) is 0 Å². The summed E-state index contributed by atoms with van der Waals surface area (Å²) in [7, 11) is 0. The van der Waals surface area contributed by atoms with E-state index in [1.54, 1.807) is 6.07 Å². The van der Waals surface area contributed by atoms with Crippen LogP contribution in [0.5, 0.6) is 0 Å². The Labute approximate surface area is 139 Å². The predicted molar refractivity (Wildman–Crippen MR) is 88.9 cm³/mol. The quantitative estimate of drug-likeness (QED) is 0.822. The molecule has 0 fully saturated rings. The first-order valence-electron chi connectivity index (χ1n) is 7.63. The van der Waals surface area contributed by atoms with Crippen molar-refractivity contribution in [3.8, 4) is 0 Å². The fraction of sp³-hybridized carbons (Fsp3) is 0.316. The van der Waals surface area contributed by atoms with Crippen LogP contribution in [0.15, 0.2) is 48.5 Å². The van der Waals surface area contributed by atoms with Gasteiger partial charge in [0.1, 0.15) is 0 Å². The maximum Gasteiger partial charge on any atom is 0.416 e. The molecular formula is C19H20F3NO. The number of nitrogens with one attached hydrogen (secondary N) is 1. The van der Waals surface area contributed by atoms with Crippen molar-refractivity contribution < 1.29 is 18.0 Å². The van der Waals surface area contributed by atoms with Gasteiger partial charge in [-0.2, -0.15) is 13.2 Å². The number of rotatable bonds is 3. The minimum Gasteiger partial charge on any atom is -0.326 e. The molecule has 24 heavy (non-hydrogen) atoms. The van der Waals surface area contributed by atoms with Crippen LogP contribution >= 0.6 is 0 Å². The van der Waals surface area contributed by atoms with Crippen LogP contribution < -0.4 is 5.32 Å². The van der Waals surface area contributed by atoms with Gasteiger partial charge in [0.05, 0.1) is 12.0 Å². The van der Waals surface area contributed by atoms with E-state index < -0.39 is 11.7 Å². The lowest BCUT2D eigenvalue weighted by Gasteiger charge is -2.23. The molecule has 1 amide bonds. The third kappa shape index (κ3) is 4.60. The smallest absolute Gasteiger partial charge is 0.326 e. The molecule has 0 spiro atoms. The van der Waals surface area contributed by atoms with Crippen molar-refractivity contribution in [1.82, 2.24) is 0 Å². The maximum absolute atomic E-state index is 12.7. The van der Waals surface area contributed by atoms with Crippen LogP contribution in [-0.4, -0.2) is 5.91 Å². The highest BCUT2D eigenvalue weighted by molar-refractivity contribution is 5.93. The van der Waals surface area contributed by atoms with Gasteiger partial charge in [-0.15, -0.1) is 0 Å². The van der Waals surface area contributed by atoms with Crippen molar-refractivity contribution in [3.63, 3.8) is 0 Å². The van der Waals surface area contributed by atoms with Gasteiger partial charge in [-0.25, -0.2) is 0 Å². The van der Waals surface area contributed by atoms with E-state index in [9.17, 15) is 18.0 Å². The molecule has 2 nitrogen and oxygen atoms in total. The Hall–Kier alpha value is -2.30. The van der Waals surface area contributed by atoms with E-state index in [-0.39, 0.29) is 17.7 Å². The van der Waals surface area contributed by atoms with E-state index in [0.29, 0.717) is 11.3 Å². The van der Waals surface area contributed by atoms with E-state index >= 15 is 0 Å².